The number of fused-ring (bicyclic) bond motifs is 1. The van der Waals surface area contributed by atoms with E-state index in [-0.39, 0.29) is 11.4 Å². The predicted molar refractivity (Wildman–Crippen MR) is 180 cm³/mol. The Kier molecular flexibility index (Phi) is 8.08. The molecule has 0 aliphatic heterocycles. The molecule has 1 heterocycles. The summed E-state index contributed by atoms with van der Waals surface area (Å²) in [6, 6.07) is 43.1. The molecule has 0 radical (unpaired) electrons. The van der Waals surface area contributed by atoms with Gasteiger partial charge in [0.25, 0.3) is 0 Å². The van der Waals surface area contributed by atoms with Gasteiger partial charge >= 0.3 is 5.97 Å². The van der Waals surface area contributed by atoms with Crippen LogP contribution in [0, 0.1) is 0 Å². The van der Waals surface area contributed by atoms with Gasteiger partial charge in [-0.2, -0.15) is 0 Å². The van der Waals surface area contributed by atoms with Crippen molar-refractivity contribution >= 4 is 16.9 Å². The van der Waals surface area contributed by atoms with E-state index in [0.717, 1.165) is 50.2 Å². The predicted octanol–water partition coefficient (Wildman–Crippen LogP) is 10.3. The van der Waals surface area contributed by atoms with Gasteiger partial charge in [-0.1, -0.05) is 118 Å². The summed E-state index contributed by atoms with van der Waals surface area (Å²) >= 11 is 0. The SMILES string of the molecule is CCOC(=O)c1c(-c2ccccc2)c2ccc(-c3ccc(C(C)(C)C)cc3)cc2n1Cc1cccc(Oc2ccccc2)c1. The van der Waals surface area contributed by atoms with Gasteiger partial charge in [-0.3, -0.25) is 0 Å². The summed E-state index contributed by atoms with van der Waals surface area (Å²) in [5.74, 6) is 1.18. The van der Waals surface area contributed by atoms with Gasteiger partial charge < -0.3 is 14.0 Å². The molecular formula is C40H37NO3. The average Bonchev–Trinajstić information content (AvgIpc) is 3.35. The van der Waals surface area contributed by atoms with Gasteiger partial charge in [0, 0.05) is 17.5 Å². The summed E-state index contributed by atoms with van der Waals surface area (Å²) < 4.78 is 13.9. The fourth-order valence-corrected chi connectivity index (χ4v) is 5.68. The Morgan fingerprint density at radius 1 is 0.682 bits per heavy atom. The Hall–Kier alpha value is -5.09. The van der Waals surface area contributed by atoms with Crippen LogP contribution >= 0.6 is 0 Å². The van der Waals surface area contributed by atoms with Gasteiger partial charge in [0.1, 0.15) is 17.2 Å². The van der Waals surface area contributed by atoms with E-state index >= 15 is 0 Å². The molecule has 44 heavy (non-hydrogen) atoms. The second-order valence-corrected chi connectivity index (χ2v) is 12.0. The molecule has 0 unspecified atom stereocenters. The second kappa shape index (κ2) is 12.3. The molecule has 0 amide bonds. The molecule has 220 valence electrons. The normalized spacial score (nSPS) is 11.5. The molecule has 0 bridgehead atoms. The van der Waals surface area contributed by atoms with Crippen LogP contribution in [-0.2, 0) is 16.7 Å². The van der Waals surface area contributed by atoms with E-state index in [9.17, 15) is 4.79 Å². The molecule has 1 aromatic heterocycles. The highest BCUT2D eigenvalue weighted by molar-refractivity contribution is 6.09. The molecule has 4 nitrogen and oxygen atoms in total. The Balaban J connectivity index is 1.52. The zero-order chi connectivity index (χ0) is 30.7. The summed E-state index contributed by atoms with van der Waals surface area (Å²) in [4.78, 5) is 13.7. The number of nitrogens with zero attached hydrogens (tertiary/aromatic N) is 1. The van der Waals surface area contributed by atoms with Crippen LogP contribution in [0.15, 0.2) is 127 Å². The standard InChI is InChI=1S/C40H37NO3/c1-5-43-39(42)38-37(30-14-8-6-9-15-30)35-24-21-31(29-19-22-32(23-20-29)40(2,3)4)26-36(35)41(38)27-28-13-12-18-34(25-28)44-33-16-10-7-11-17-33/h6-26H,5,27H2,1-4H3. The maximum Gasteiger partial charge on any atom is 0.355 e. The Bertz CT molecular complexity index is 1900. The summed E-state index contributed by atoms with van der Waals surface area (Å²) in [7, 11) is 0. The number of ether oxygens (including phenoxy) is 2. The highest BCUT2D eigenvalue weighted by Crippen LogP contribution is 2.39. The highest BCUT2D eigenvalue weighted by Gasteiger charge is 2.26. The van der Waals surface area contributed by atoms with Crippen molar-refractivity contribution in [1.29, 1.82) is 0 Å². The number of para-hydroxylation sites is 1. The van der Waals surface area contributed by atoms with E-state index < -0.39 is 0 Å². The lowest BCUT2D eigenvalue weighted by molar-refractivity contribution is 0.0516. The number of benzene rings is 5. The topological polar surface area (TPSA) is 40.5 Å². The average molecular weight is 580 g/mol. The minimum Gasteiger partial charge on any atom is -0.461 e. The summed E-state index contributed by atoms with van der Waals surface area (Å²) in [5.41, 5.74) is 7.97. The lowest BCUT2D eigenvalue weighted by atomic mass is 9.86. The first kappa shape index (κ1) is 29.0. The molecule has 0 saturated carbocycles. The van der Waals surface area contributed by atoms with Crippen molar-refractivity contribution in [2.24, 2.45) is 0 Å². The molecule has 5 aromatic carbocycles. The molecule has 0 saturated heterocycles. The number of hydrogen-bond donors (Lipinski definition) is 0. The third-order valence-corrected chi connectivity index (χ3v) is 7.90. The van der Waals surface area contributed by atoms with Crippen LogP contribution in [0.2, 0.25) is 0 Å². The third-order valence-electron chi connectivity index (χ3n) is 7.90. The van der Waals surface area contributed by atoms with Gasteiger partial charge in [0.2, 0.25) is 0 Å². The van der Waals surface area contributed by atoms with E-state index in [0.29, 0.717) is 18.8 Å². The van der Waals surface area contributed by atoms with Crippen molar-refractivity contribution in [3.63, 3.8) is 0 Å². The molecule has 6 rings (SSSR count). The van der Waals surface area contributed by atoms with Crippen LogP contribution in [0.1, 0.15) is 49.3 Å². The minimum atomic E-state index is -0.338. The summed E-state index contributed by atoms with van der Waals surface area (Å²) in [6.07, 6.45) is 0. The molecule has 0 aliphatic rings. The Labute approximate surface area is 259 Å². The molecule has 0 spiro atoms. The first-order chi connectivity index (χ1) is 21.3. The number of aromatic nitrogens is 1. The van der Waals surface area contributed by atoms with E-state index in [1.54, 1.807) is 0 Å². The molecular weight excluding hydrogens is 542 g/mol. The molecule has 6 aromatic rings. The second-order valence-electron chi connectivity index (χ2n) is 12.0. The fourth-order valence-electron chi connectivity index (χ4n) is 5.68. The van der Waals surface area contributed by atoms with Gasteiger partial charge in [0.05, 0.1) is 12.1 Å². The summed E-state index contributed by atoms with van der Waals surface area (Å²) in [5, 5.41) is 1.01. The molecule has 0 atom stereocenters. The van der Waals surface area contributed by atoms with Crippen molar-refractivity contribution in [2.75, 3.05) is 6.61 Å². The van der Waals surface area contributed by atoms with E-state index in [1.165, 1.54) is 5.56 Å². The zero-order valence-electron chi connectivity index (χ0n) is 25.7. The van der Waals surface area contributed by atoms with E-state index in [2.05, 4.69) is 86.0 Å². The zero-order valence-corrected chi connectivity index (χ0v) is 25.7. The van der Waals surface area contributed by atoms with E-state index in [1.807, 2.05) is 73.7 Å². The third kappa shape index (κ3) is 6.02. The van der Waals surface area contributed by atoms with Gasteiger partial charge in [0.15, 0.2) is 0 Å². The Morgan fingerprint density at radius 3 is 2.02 bits per heavy atom. The van der Waals surface area contributed by atoms with Crippen molar-refractivity contribution < 1.29 is 14.3 Å². The van der Waals surface area contributed by atoms with Crippen LogP contribution in [0.25, 0.3) is 33.2 Å². The lowest BCUT2D eigenvalue weighted by Gasteiger charge is -2.19. The van der Waals surface area contributed by atoms with Crippen molar-refractivity contribution in [3.8, 4) is 33.8 Å². The van der Waals surface area contributed by atoms with Crippen LogP contribution < -0.4 is 4.74 Å². The smallest absolute Gasteiger partial charge is 0.355 e. The van der Waals surface area contributed by atoms with Crippen LogP contribution in [0.3, 0.4) is 0 Å². The molecule has 0 fully saturated rings. The van der Waals surface area contributed by atoms with Gasteiger partial charge in [-0.05, 0) is 70.5 Å². The number of rotatable bonds is 8. The van der Waals surface area contributed by atoms with Crippen LogP contribution in [0.4, 0.5) is 0 Å². The molecule has 0 N–H and O–H groups in total. The Morgan fingerprint density at radius 2 is 1.34 bits per heavy atom. The highest BCUT2D eigenvalue weighted by atomic mass is 16.5. The minimum absolute atomic E-state index is 0.0784. The number of esters is 1. The van der Waals surface area contributed by atoms with Crippen molar-refractivity contribution in [2.45, 2.75) is 39.7 Å². The first-order valence-corrected chi connectivity index (χ1v) is 15.1. The van der Waals surface area contributed by atoms with Gasteiger partial charge in [-0.15, -0.1) is 0 Å². The van der Waals surface area contributed by atoms with Crippen LogP contribution in [-0.4, -0.2) is 17.1 Å². The van der Waals surface area contributed by atoms with Crippen molar-refractivity contribution in [3.05, 3.63) is 144 Å². The summed E-state index contributed by atoms with van der Waals surface area (Å²) in [6.45, 7) is 9.28. The molecule has 4 heteroatoms. The number of carbonyl (C=O) groups excluding carboxylic acids is 1. The quantitative estimate of drug-likeness (QED) is 0.168. The number of hydrogen-bond acceptors (Lipinski definition) is 3. The maximum atomic E-state index is 13.7. The lowest BCUT2D eigenvalue weighted by Crippen LogP contribution is -2.14. The van der Waals surface area contributed by atoms with Crippen molar-refractivity contribution in [1.82, 2.24) is 4.57 Å². The monoisotopic (exact) mass is 579 g/mol. The first-order valence-electron chi connectivity index (χ1n) is 15.1. The number of carbonyl (C=O) groups is 1. The maximum absolute atomic E-state index is 13.7. The van der Waals surface area contributed by atoms with Crippen LogP contribution in [0.5, 0.6) is 11.5 Å². The fraction of sp³-hybridized carbons (Fsp3) is 0.175. The largest absolute Gasteiger partial charge is 0.461 e. The van der Waals surface area contributed by atoms with E-state index in [4.69, 9.17) is 9.47 Å². The molecule has 0 aliphatic carbocycles. The van der Waals surface area contributed by atoms with Gasteiger partial charge in [-0.25, -0.2) is 4.79 Å².